The highest BCUT2D eigenvalue weighted by atomic mass is 16.2. The summed E-state index contributed by atoms with van der Waals surface area (Å²) in [5.74, 6) is -0.0652. The topological polar surface area (TPSA) is 78.5 Å². The van der Waals surface area contributed by atoms with E-state index in [-0.39, 0.29) is 30.2 Å². The van der Waals surface area contributed by atoms with E-state index >= 15 is 0 Å². The average Bonchev–Trinajstić information content (AvgIpc) is 2.36. The molecule has 0 aliphatic carbocycles. The van der Waals surface area contributed by atoms with Crippen molar-refractivity contribution in [1.82, 2.24) is 15.5 Å². The van der Waals surface area contributed by atoms with E-state index < -0.39 is 0 Å². The van der Waals surface area contributed by atoms with Crippen molar-refractivity contribution in [2.45, 2.75) is 26.7 Å². The normalized spacial score (nSPS) is 18.9. The Balaban J connectivity index is 2.35. The first-order valence-corrected chi connectivity index (χ1v) is 6.68. The van der Waals surface area contributed by atoms with Crippen LogP contribution in [0.15, 0.2) is 0 Å². The molecule has 1 heterocycles. The van der Waals surface area contributed by atoms with Gasteiger partial charge in [0.25, 0.3) is 0 Å². The van der Waals surface area contributed by atoms with Crippen molar-refractivity contribution in [2.75, 3.05) is 26.7 Å². The van der Waals surface area contributed by atoms with Crippen molar-refractivity contribution in [3.63, 3.8) is 0 Å². The third-order valence-electron chi connectivity index (χ3n) is 3.08. The zero-order chi connectivity index (χ0) is 14.4. The number of likely N-dealkylation sites (N-methyl/N-ethyl adjacent to an activating group) is 1. The maximum atomic E-state index is 12.1. The van der Waals surface area contributed by atoms with E-state index in [1.165, 1.54) is 4.90 Å². The van der Waals surface area contributed by atoms with Gasteiger partial charge in [0.1, 0.15) is 0 Å². The van der Waals surface area contributed by atoms with E-state index in [1.807, 2.05) is 13.8 Å². The third-order valence-corrected chi connectivity index (χ3v) is 3.08. The maximum absolute atomic E-state index is 12.1. The van der Waals surface area contributed by atoms with Gasteiger partial charge in [0.2, 0.25) is 17.7 Å². The number of amides is 3. The molecular formula is C13H23N3O3. The minimum absolute atomic E-state index is 0.0126. The Hall–Kier alpha value is -1.59. The van der Waals surface area contributed by atoms with Crippen LogP contribution in [0.4, 0.5) is 0 Å². The number of carbonyl (C=O) groups excluding carboxylic acids is 3. The minimum Gasteiger partial charge on any atom is -0.355 e. The summed E-state index contributed by atoms with van der Waals surface area (Å²) in [5, 5.41) is 5.45. The zero-order valence-corrected chi connectivity index (χ0v) is 11.9. The lowest BCUT2D eigenvalue weighted by Crippen LogP contribution is -2.46. The van der Waals surface area contributed by atoms with Gasteiger partial charge in [-0.15, -0.1) is 0 Å². The fourth-order valence-corrected chi connectivity index (χ4v) is 1.92. The van der Waals surface area contributed by atoms with Gasteiger partial charge in [-0.1, -0.05) is 13.8 Å². The van der Waals surface area contributed by atoms with Gasteiger partial charge in [-0.05, 0) is 12.3 Å². The van der Waals surface area contributed by atoms with Crippen LogP contribution in [0.25, 0.3) is 0 Å². The van der Waals surface area contributed by atoms with E-state index in [0.29, 0.717) is 31.8 Å². The van der Waals surface area contributed by atoms with Crippen molar-refractivity contribution in [3.8, 4) is 0 Å². The summed E-state index contributed by atoms with van der Waals surface area (Å²) in [4.78, 5) is 36.2. The van der Waals surface area contributed by atoms with Gasteiger partial charge in [0.15, 0.2) is 0 Å². The van der Waals surface area contributed by atoms with Gasteiger partial charge in [0, 0.05) is 26.6 Å². The van der Waals surface area contributed by atoms with Crippen LogP contribution >= 0.6 is 0 Å². The first kappa shape index (κ1) is 15.5. The molecule has 0 aromatic heterocycles. The number of piperidine rings is 1. The zero-order valence-electron chi connectivity index (χ0n) is 11.9. The first-order chi connectivity index (χ1) is 8.90. The van der Waals surface area contributed by atoms with Gasteiger partial charge >= 0.3 is 0 Å². The maximum Gasteiger partial charge on any atom is 0.239 e. The Morgan fingerprint density at radius 2 is 2.16 bits per heavy atom. The van der Waals surface area contributed by atoms with Gasteiger partial charge in [-0.3, -0.25) is 14.4 Å². The summed E-state index contributed by atoms with van der Waals surface area (Å²) in [6, 6.07) is 0. The van der Waals surface area contributed by atoms with Crippen LogP contribution in [0.5, 0.6) is 0 Å². The molecule has 0 aromatic rings. The summed E-state index contributed by atoms with van der Waals surface area (Å²) >= 11 is 0. The molecule has 0 radical (unpaired) electrons. The molecule has 0 bridgehead atoms. The molecule has 0 spiro atoms. The standard InChI is InChI=1S/C13H23N3O3/c1-9(2)6-14-12(18)8-16(3)13(19)10-4-5-11(17)15-7-10/h9-10H,4-8H2,1-3H3,(H,14,18)(H,15,17). The summed E-state index contributed by atoms with van der Waals surface area (Å²) in [6.45, 7) is 5.08. The fraction of sp³-hybridized carbons (Fsp3) is 0.769. The molecule has 1 aliphatic heterocycles. The van der Waals surface area contributed by atoms with Gasteiger partial charge in [-0.25, -0.2) is 0 Å². The Kier molecular flexibility index (Phi) is 5.79. The second-order valence-electron chi connectivity index (χ2n) is 5.43. The van der Waals surface area contributed by atoms with Crippen molar-refractivity contribution in [1.29, 1.82) is 0 Å². The summed E-state index contributed by atoms with van der Waals surface area (Å²) < 4.78 is 0. The monoisotopic (exact) mass is 269 g/mol. The molecule has 6 nitrogen and oxygen atoms in total. The number of rotatable bonds is 5. The summed E-state index contributed by atoms with van der Waals surface area (Å²) in [7, 11) is 1.62. The Morgan fingerprint density at radius 1 is 1.47 bits per heavy atom. The summed E-state index contributed by atoms with van der Waals surface area (Å²) in [6.07, 6.45) is 0.937. The molecule has 19 heavy (non-hydrogen) atoms. The van der Waals surface area contributed by atoms with E-state index in [2.05, 4.69) is 10.6 Å². The number of nitrogens with zero attached hydrogens (tertiary/aromatic N) is 1. The Morgan fingerprint density at radius 3 is 2.68 bits per heavy atom. The van der Waals surface area contributed by atoms with Crippen LogP contribution in [0.2, 0.25) is 0 Å². The van der Waals surface area contributed by atoms with Gasteiger partial charge in [-0.2, -0.15) is 0 Å². The van der Waals surface area contributed by atoms with Crippen LogP contribution in [-0.4, -0.2) is 49.3 Å². The van der Waals surface area contributed by atoms with Crippen molar-refractivity contribution in [2.24, 2.45) is 11.8 Å². The smallest absolute Gasteiger partial charge is 0.239 e. The third kappa shape index (κ3) is 5.28. The number of carbonyl (C=O) groups is 3. The number of hydrogen-bond acceptors (Lipinski definition) is 3. The molecule has 1 unspecified atom stereocenters. The molecule has 2 N–H and O–H groups in total. The minimum atomic E-state index is -0.208. The molecule has 6 heteroatoms. The molecule has 0 saturated carbocycles. The van der Waals surface area contributed by atoms with Crippen molar-refractivity contribution >= 4 is 17.7 Å². The molecule has 1 aliphatic rings. The van der Waals surface area contributed by atoms with Crippen LogP contribution in [0, 0.1) is 11.8 Å². The van der Waals surface area contributed by atoms with E-state index in [1.54, 1.807) is 7.05 Å². The second-order valence-corrected chi connectivity index (χ2v) is 5.43. The van der Waals surface area contributed by atoms with Gasteiger partial charge in [0.05, 0.1) is 12.5 Å². The second kappa shape index (κ2) is 7.11. The fourth-order valence-electron chi connectivity index (χ4n) is 1.92. The molecular weight excluding hydrogens is 246 g/mol. The molecule has 0 aromatic carbocycles. The van der Waals surface area contributed by atoms with Crippen LogP contribution in [0.1, 0.15) is 26.7 Å². The predicted molar refractivity (Wildman–Crippen MR) is 71.2 cm³/mol. The first-order valence-electron chi connectivity index (χ1n) is 6.68. The molecule has 108 valence electrons. The summed E-state index contributed by atoms with van der Waals surface area (Å²) in [5.41, 5.74) is 0. The van der Waals surface area contributed by atoms with Crippen LogP contribution < -0.4 is 10.6 Å². The Labute approximate surface area is 113 Å². The highest BCUT2D eigenvalue weighted by Crippen LogP contribution is 2.13. The highest BCUT2D eigenvalue weighted by Gasteiger charge is 2.27. The molecule has 3 amide bonds. The molecule has 1 saturated heterocycles. The highest BCUT2D eigenvalue weighted by molar-refractivity contribution is 5.87. The van der Waals surface area contributed by atoms with E-state index in [4.69, 9.17) is 0 Å². The lowest BCUT2D eigenvalue weighted by atomic mass is 9.98. The lowest BCUT2D eigenvalue weighted by Gasteiger charge is -2.26. The van der Waals surface area contributed by atoms with Crippen molar-refractivity contribution in [3.05, 3.63) is 0 Å². The van der Waals surface area contributed by atoms with Gasteiger partial charge < -0.3 is 15.5 Å². The van der Waals surface area contributed by atoms with Crippen LogP contribution in [0.3, 0.4) is 0 Å². The molecule has 1 rings (SSSR count). The van der Waals surface area contributed by atoms with Crippen LogP contribution in [-0.2, 0) is 14.4 Å². The number of nitrogens with one attached hydrogen (secondary N) is 2. The quantitative estimate of drug-likeness (QED) is 0.722. The molecule has 1 atom stereocenters. The number of hydrogen-bond donors (Lipinski definition) is 2. The van der Waals surface area contributed by atoms with E-state index in [0.717, 1.165) is 0 Å². The average molecular weight is 269 g/mol. The van der Waals surface area contributed by atoms with E-state index in [9.17, 15) is 14.4 Å². The van der Waals surface area contributed by atoms with Crippen molar-refractivity contribution < 1.29 is 14.4 Å². The predicted octanol–water partition coefficient (Wildman–Crippen LogP) is -0.257. The molecule has 1 fully saturated rings. The largest absolute Gasteiger partial charge is 0.355 e. The Bertz CT molecular complexity index is 345. The SMILES string of the molecule is CC(C)CNC(=O)CN(C)C(=O)C1CCC(=O)NC1. The lowest BCUT2D eigenvalue weighted by molar-refractivity contribution is -0.139.